The van der Waals surface area contributed by atoms with Gasteiger partial charge in [-0.2, -0.15) is 0 Å². The second-order valence-corrected chi connectivity index (χ2v) is 14.6. The first-order valence-corrected chi connectivity index (χ1v) is 20.1. The van der Waals surface area contributed by atoms with Crippen LogP contribution in [0.2, 0.25) is 0 Å². The Morgan fingerprint density at radius 1 is 0.673 bits per heavy atom. The number of aliphatic hydroxyl groups excluding tert-OH is 4. The molecule has 0 aromatic rings. The van der Waals surface area contributed by atoms with Crippen LogP contribution in [-0.4, -0.2) is 103 Å². The number of carbonyl (C=O) groups excluding carboxylic acids is 2. The van der Waals surface area contributed by atoms with E-state index in [0.29, 0.717) is 6.42 Å². The SMILES string of the molecule is C#CC#CC#CC#CC(=O)OC[C@H](COP(=O)(O)OC1C(O)[C@H](O)[C@H](OP(=O)(O)O)C(O)[C@@H]1O)OC(=O)CCCCCCCCCCCCCCC. The van der Waals surface area contributed by atoms with Crippen LogP contribution in [0.4, 0.5) is 0 Å². The fraction of sp³-hybridized carbons (Fsp3) is 0.706. The summed E-state index contributed by atoms with van der Waals surface area (Å²) in [4.78, 5) is 52.9. The van der Waals surface area contributed by atoms with Crippen LogP contribution in [0.15, 0.2) is 0 Å². The molecule has 7 N–H and O–H groups in total. The zero-order chi connectivity index (χ0) is 39.0. The maximum absolute atomic E-state index is 12.7. The minimum Gasteiger partial charge on any atom is -0.456 e. The molecule has 18 heteroatoms. The molecule has 0 amide bonds. The number of aliphatic hydroxyl groups is 4. The number of hydrogen-bond donors (Lipinski definition) is 7. The molecule has 0 spiro atoms. The molecule has 0 radical (unpaired) electrons. The van der Waals surface area contributed by atoms with Crippen molar-refractivity contribution in [3.63, 3.8) is 0 Å². The minimum absolute atomic E-state index is 0.0162. The van der Waals surface area contributed by atoms with E-state index in [2.05, 4.69) is 41.0 Å². The summed E-state index contributed by atoms with van der Waals surface area (Å²) in [7, 11) is -10.6. The van der Waals surface area contributed by atoms with Gasteiger partial charge in [0, 0.05) is 12.3 Å². The largest absolute Gasteiger partial charge is 0.472 e. The Morgan fingerprint density at radius 2 is 1.13 bits per heavy atom. The van der Waals surface area contributed by atoms with Crippen molar-refractivity contribution in [2.75, 3.05) is 13.2 Å². The zero-order valence-corrected chi connectivity index (χ0v) is 30.9. The molecule has 4 unspecified atom stereocenters. The zero-order valence-electron chi connectivity index (χ0n) is 29.1. The first-order valence-electron chi connectivity index (χ1n) is 17.1. The van der Waals surface area contributed by atoms with Crippen LogP contribution in [0.5, 0.6) is 0 Å². The first-order chi connectivity index (χ1) is 24.6. The summed E-state index contributed by atoms with van der Waals surface area (Å²) in [6.07, 6.45) is 4.08. The van der Waals surface area contributed by atoms with Crippen LogP contribution in [0.25, 0.3) is 0 Å². The summed E-state index contributed by atoms with van der Waals surface area (Å²) in [5, 5.41) is 41.0. The fourth-order valence-corrected chi connectivity index (χ4v) is 6.55. The Bertz CT molecular complexity index is 1410. The summed E-state index contributed by atoms with van der Waals surface area (Å²) in [5.74, 6) is 13.4. The second kappa shape index (κ2) is 26.1. The number of phosphoric ester groups is 2. The van der Waals surface area contributed by atoms with Crippen LogP contribution in [-0.2, 0) is 41.8 Å². The summed E-state index contributed by atoms with van der Waals surface area (Å²) in [6, 6.07) is 0. The molecule has 1 fully saturated rings. The van der Waals surface area contributed by atoms with Gasteiger partial charge < -0.3 is 44.6 Å². The monoisotopic (exact) mass is 776 g/mol. The van der Waals surface area contributed by atoms with Gasteiger partial charge in [-0.05, 0) is 41.9 Å². The van der Waals surface area contributed by atoms with Crippen molar-refractivity contribution < 1.29 is 76.9 Å². The topological polar surface area (TPSA) is 256 Å². The average molecular weight is 777 g/mol. The summed E-state index contributed by atoms with van der Waals surface area (Å²) < 4.78 is 48.0. The predicted molar refractivity (Wildman–Crippen MR) is 185 cm³/mol. The Balaban J connectivity index is 2.73. The predicted octanol–water partition coefficient (Wildman–Crippen LogP) is 2.00. The highest BCUT2D eigenvalue weighted by Gasteiger charge is 2.54. The quantitative estimate of drug-likeness (QED) is 0.0243. The van der Waals surface area contributed by atoms with Crippen molar-refractivity contribution >= 4 is 27.6 Å². The van der Waals surface area contributed by atoms with E-state index in [1.165, 1.54) is 44.9 Å². The Morgan fingerprint density at radius 3 is 1.63 bits per heavy atom. The molecule has 0 heterocycles. The maximum Gasteiger partial charge on any atom is 0.472 e. The van der Waals surface area contributed by atoms with E-state index in [9.17, 15) is 44.0 Å². The van der Waals surface area contributed by atoms with Gasteiger partial charge in [0.1, 0.15) is 43.2 Å². The normalized spacial score (nSPS) is 22.8. The number of ether oxygens (including phenoxy) is 2. The molecular formula is C34H50O16P2. The molecule has 0 aromatic carbocycles. The highest BCUT2D eigenvalue weighted by Crippen LogP contribution is 2.48. The number of terminal acetylenes is 1. The number of unbranched alkanes of at least 4 members (excludes halogenated alkanes) is 12. The third kappa shape index (κ3) is 21.1. The van der Waals surface area contributed by atoms with E-state index < -0.39 is 83.5 Å². The molecule has 292 valence electrons. The van der Waals surface area contributed by atoms with Crippen molar-refractivity contribution in [2.45, 2.75) is 140 Å². The molecule has 1 rings (SSSR count). The van der Waals surface area contributed by atoms with E-state index >= 15 is 0 Å². The van der Waals surface area contributed by atoms with Crippen molar-refractivity contribution in [1.82, 2.24) is 0 Å². The number of carbonyl (C=O) groups is 2. The van der Waals surface area contributed by atoms with Gasteiger partial charge in [0.15, 0.2) is 6.10 Å². The highest BCUT2D eigenvalue weighted by molar-refractivity contribution is 7.47. The van der Waals surface area contributed by atoms with E-state index in [1.54, 1.807) is 0 Å². The van der Waals surface area contributed by atoms with E-state index in [-0.39, 0.29) is 6.42 Å². The van der Waals surface area contributed by atoms with Gasteiger partial charge in [0.2, 0.25) is 0 Å². The summed E-state index contributed by atoms with van der Waals surface area (Å²) >= 11 is 0. The Labute approximate surface area is 304 Å². The Hall–Kier alpha value is -2.76. The van der Waals surface area contributed by atoms with Gasteiger partial charge in [-0.3, -0.25) is 18.4 Å². The smallest absolute Gasteiger partial charge is 0.456 e. The molecule has 0 bridgehead atoms. The van der Waals surface area contributed by atoms with Gasteiger partial charge in [0.05, 0.1) is 6.61 Å². The lowest BCUT2D eigenvalue weighted by Gasteiger charge is -2.43. The summed E-state index contributed by atoms with van der Waals surface area (Å²) in [6.45, 7) is 0.575. The highest BCUT2D eigenvalue weighted by atomic mass is 31.2. The molecule has 52 heavy (non-hydrogen) atoms. The third-order valence-corrected chi connectivity index (χ3v) is 9.16. The lowest BCUT2D eigenvalue weighted by atomic mass is 9.85. The molecular weight excluding hydrogens is 726 g/mol. The van der Waals surface area contributed by atoms with Crippen LogP contribution in [0.3, 0.4) is 0 Å². The van der Waals surface area contributed by atoms with Crippen molar-refractivity contribution in [3.05, 3.63) is 0 Å². The maximum atomic E-state index is 12.7. The molecule has 0 saturated heterocycles. The minimum atomic E-state index is -5.32. The molecule has 1 saturated carbocycles. The van der Waals surface area contributed by atoms with Gasteiger partial charge in [0.25, 0.3) is 0 Å². The summed E-state index contributed by atoms with van der Waals surface area (Å²) in [5.41, 5.74) is 0. The van der Waals surface area contributed by atoms with Crippen molar-refractivity contribution in [1.29, 1.82) is 0 Å². The van der Waals surface area contributed by atoms with Crippen molar-refractivity contribution in [3.8, 4) is 47.9 Å². The molecule has 1 aliphatic carbocycles. The fourth-order valence-electron chi connectivity index (χ4n) is 5.02. The number of hydrogen-bond acceptors (Lipinski definition) is 13. The Kier molecular flexibility index (Phi) is 23.7. The van der Waals surface area contributed by atoms with Gasteiger partial charge >= 0.3 is 27.6 Å². The number of rotatable bonds is 24. The van der Waals surface area contributed by atoms with E-state index in [0.717, 1.165) is 32.1 Å². The van der Waals surface area contributed by atoms with E-state index in [4.69, 9.17) is 34.7 Å². The molecule has 0 aromatic heterocycles. The van der Waals surface area contributed by atoms with Crippen LogP contribution in [0, 0.1) is 47.9 Å². The van der Waals surface area contributed by atoms with E-state index in [1.807, 2.05) is 11.8 Å². The second-order valence-electron chi connectivity index (χ2n) is 12.0. The average Bonchev–Trinajstić information content (AvgIpc) is 3.08. The van der Waals surface area contributed by atoms with Gasteiger partial charge in [-0.25, -0.2) is 13.9 Å². The van der Waals surface area contributed by atoms with Crippen molar-refractivity contribution in [2.24, 2.45) is 0 Å². The molecule has 0 aliphatic heterocycles. The number of esters is 2. The third-order valence-electron chi connectivity index (χ3n) is 7.65. The van der Waals surface area contributed by atoms with Gasteiger partial charge in [-0.15, -0.1) is 6.42 Å². The number of phosphoric acid groups is 2. The molecule has 8 atom stereocenters. The first kappa shape index (κ1) is 47.3. The molecule has 1 aliphatic rings. The van der Waals surface area contributed by atoms with Gasteiger partial charge in [-0.1, -0.05) is 84.0 Å². The standard InChI is InChI=1S/C34H50O16P2/c1-3-5-7-9-11-12-13-14-15-16-17-19-21-23-28(36)48-26(24-46-27(35)22-20-18-10-8-6-4-2)25-47-52(44,45)50-34-31(39)29(37)33(30(38)32(34)40)49-51(41,42)43/h2,26,29-34,37-40H,3,5,7,9,11-17,19,21,23-25H2,1H3,(H,44,45)(H2,41,42,43)/t26-,29+,30?,31?,32+,33+,34?/m1/s1. The lowest BCUT2D eigenvalue weighted by Crippen LogP contribution is -2.64. The van der Waals surface area contributed by atoms with Crippen LogP contribution >= 0.6 is 15.6 Å². The van der Waals surface area contributed by atoms with Crippen LogP contribution < -0.4 is 0 Å². The van der Waals surface area contributed by atoms with Crippen LogP contribution in [0.1, 0.15) is 96.8 Å². The lowest BCUT2D eigenvalue weighted by molar-refractivity contribution is -0.216. The molecule has 16 nitrogen and oxygen atoms in total.